The van der Waals surface area contributed by atoms with E-state index in [9.17, 15) is 9.59 Å². The molecular weight excluding hydrogens is 468 g/mol. The molecule has 34 heavy (non-hydrogen) atoms. The molecule has 2 aromatic heterocycles. The lowest BCUT2D eigenvalue weighted by Gasteiger charge is -2.17. The minimum Gasteiger partial charge on any atom is -0.445 e. The van der Waals surface area contributed by atoms with Gasteiger partial charge in [-0.1, -0.05) is 72.3 Å². The zero-order chi connectivity index (χ0) is 23.7. The second-order valence-corrected chi connectivity index (χ2v) is 9.20. The maximum absolute atomic E-state index is 13.3. The molecule has 5 nitrogen and oxygen atoms in total. The Balaban J connectivity index is 1.49. The summed E-state index contributed by atoms with van der Waals surface area (Å²) in [4.78, 5) is 27.7. The molecule has 0 fully saturated rings. The molecule has 5 aromatic rings. The van der Waals surface area contributed by atoms with E-state index < -0.39 is 12.1 Å². The summed E-state index contributed by atoms with van der Waals surface area (Å²) in [6.07, 6.45) is -1.05. The highest BCUT2D eigenvalue weighted by Gasteiger charge is 2.28. The molecular formula is C27H19ClN2O3S. The summed E-state index contributed by atoms with van der Waals surface area (Å²) < 4.78 is 7.60. The van der Waals surface area contributed by atoms with Crippen LogP contribution in [0.3, 0.4) is 0 Å². The van der Waals surface area contributed by atoms with Crippen LogP contribution in [0.25, 0.3) is 15.9 Å². The summed E-state index contributed by atoms with van der Waals surface area (Å²) in [5.74, 6) is -0.828. The van der Waals surface area contributed by atoms with E-state index in [0.29, 0.717) is 21.0 Å². The van der Waals surface area contributed by atoms with Crippen molar-refractivity contribution in [3.8, 4) is 5.69 Å². The number of aryl methyl sites for hydroxylation is 1. The summed E-state index contributed by atoms with van der Waals surface area (Å²) >= 11 is 7.30. The Morgan fingerprint density at radius 3 is 2.26 bits per heavy atom. The number of nitrogens with zero attached hydrogens (tertiary/aromatic N) is 2. The van der Waals surface area contributed by atoms with Gasteiger partial charge in [-0.15, -0.1) is 11.3 Å². The summed E-state index contributed by atoms with van der Waals surface area (Å²) in [5.41, 5.74) is 2.73. The van der Waals surface area contributed by atoms with E-state index in [1.54, 1.807) is 59.3 Å². The standard InChI is InChI=1S/C27H19ClN2O3S/c1-17-22-16-23(34-26(22)30(29-17)21-14-12-20(28)13-15-21)27(32)33-25(19-10-6-3-7-11-19)24(31)18-8-4-2-5-9-18/h2-16,25H,1H3. The molecule has 0 bridgehead atoms. The first kappa shape index (κ1) is 22.1. The molecule has 5 rings (SSSR count). The molecule has 0 aliphatic carbocycles. The molecule has 0 N–H and O–H groups in total. The number of halogens is 1. The van der Waals surface area contributed by atoms with Crippen LogP contribution in [-0.4, -0.2) is 21.5 Å². The number of hydrogen-bond donors (Lipinski definition) is 0. The summed E-state index contributed by atoms with van der Waals surface area (Å²) in [5, 5.41) is 6.10. The molecule has 168 valence electrons. The molecule has 0 saturated carbocycles. The number of benzene rings is 3. The second kappa shape index (κ2) is 9.25. The molecule has 0 aliphatic heterocycles. The van der Waals surface area contributed by atoms with Crippen molar-refractivity contribution < 1.29 is 14.3 Å². The summed E-state index contributed by atoms with van der Waals surface area (Å²) in [6, 6.07) is 27.0. The van der Waals surface area contributed by atoms with Crippen LogP contribution in [0.1, 0.15) is 37.4 Å². The van der Waals surface area contributed by atoms with E-state index in [0.717, 1.165) is 21.6 Å². The smallest absolute Gasteiger partial charge is 0.349 e. The average Bonchev–Trinajstić information content (AvgIpc) is 3.44. The maximum Gasteiger partial charge on any atom is 0.349 e. The van der Waals surface area contributed by atoms with Gasteiger partial charge in [-0.2, -0.15) is 5.10 Å². The van der Waals surface area contributed by atoms with Gasteiger partial charge in [-0.05, 0) is 37.3 Å². The van der Waals surface area contributed by atoms with E-state index in [1.807, 2.05) is 43.3 Å². The van der Waals surface area contributed by atoms with Crippen LogP contribution in [0.4, 0.5) is 0 Å². The third kappa shape index (κ3) is 4.25. The minimum absolute atomic E-state index is 0.273. The van der Waals surface area contributed by atoms with Crippen molar-refractivity contribution in [1.82, 2.24) is 9.78 Å². The predicted molar refractivity (Wildman–Crippen MR) is 134 cm³/mol. The van der Waals surface area contributed by atoms with Crippen molar-refractivity contribution in [2.75, 3.05) is 0 Å². The summed E-state index contributed by atoms with van der Waals surface area (Å²) in [6.45, 7) is 1.89. The molecule has 0 aliphatic rings. The van der Waals surface area contributed by atoms with Crippen LogP contribution in [0.5, 0.6) is 0 Å². The molecule has 0 radical (unpaired) electrons. The molecule has 1 unspecified atom stereocenters. The van der Waals surface area contributed by atoms with E-state index in [2.05, 4.69) is 5.10 Å². The van der Waals surface area contributed by atoms with Crippen molar-refractivity contribution >= 4 is 44.9 Å². The number of Topliss-reactive ketones (excluding diaryl/α,β-unsaturated/α-hetero) is 1. The first-order chi connectivity index (χ1) is 16.5. The number of carbonyl (C=O) groups excluding carboxylic acids is 2. The fourth-order valence-corrected chi connectivity index (χ4v) is 4.92. The first-order valence-electron chi connectivity index (χ1n) is 10.6. The van der Waals surface area contributed by atoms with Crippen molar-refractivity contribution in [1.29, 1.82) is 0 Å². The quantitative estimate of drug-likeness (QED) is 0.195. The number of ether oxygens (including phenoxy) is 1. The Kier molecular flexibility index (Phi) is 6.01. The van der Waals surface area contributed by atoms with Crippen LogP contribution >= 0.6 is 22.9 Å². The third-order valence-corrected chi connectivity index (χ3v) is 6.78. The van der Waals surface area contributed by atoms with Crippen LogP contribution in [0.15, 0.2) is 91.0 Å². The predicted octanol–water partition coefficient (Wildman–Crippen LogP) is 6.83. The summed E-state index contributed by atoms with van der Waals surface area (Å²) in [7, 11) is 0. The topological polar surface area (TPSA) is 61.2 Å². The number of hydrogen-bond acceptors (Lipinski definition) is 5. The Bertz CT molecular complexity index is 1480. The van der Waals surface area contributed by atoms with Gasteiger partial charge in [0.1, 0.15) is 9.71 Å². The zero-order valence-electron chi connectivity index (χ0n) is 18.1. The Morgan fingerprint density at radius 2 is 1.59 bits per heavy atom. The van der Waals surface area contributed by atoms with Crippen molar-refractivity contribution in [3.63, 3.8) is 0 Å². The number of fused-ring (bicyclic) bond motifs is 1. The maximum atomic E-state index is 13.3. The highest BCUT2D eigenvalue weighted by Crippen LogP contribution is 2.33. The number of carbonyl (C=O) groups is 2. The van der Waals surface area contributed by atoms with Gasteiger partial charge in [0.05, 0.1) is 11.4 Å². The number of thiophene rings is 1. The minimum atomic E-state index is -1.05. The van der Waals surface area contributed by atoms with E-state index in [4.69, 9.17) is 16.3 Å². The Morgan fingerprint density at radius 1 is 0.941 bits per heavy atom. The molecule has 1 atom stereocenters. The van der Waals surface area contributed by atoms with E-state index in [1.165, 1.54) is 11.3 Å². The molecule has 0 saturated heterocycles. The third-order valence-electron chi connectivity index (χ3n) is 5.44. The first-order valence-corrected chi connectivity index (χ1v) is 11.8. The van der Waals surface area contributed by atoms with Crippen molar-refractivity contribution in [3.05, 3.63) is 118 Å². The molecule has 2 heterocycles. The lowest BCUT2D eigenvalue weighted by atomic mass is 10.00. The van der Waals surface area contributed by atoms with Crippen LogP contribution in [0.2, 0.25) is 5.02 Å². The van der Waals surface area contributed by atoms with Gasteiger partial charge >= 0.3 is 5.97 Å². The van der Waals surface area contributed by atoms with Crippen LogP contribution < -0.4 is 0 Å². The number of aromatic nitrogens is 2. The van der Waals surface area contributed by atoms with Crippen molar-refractivity contribution in [2.45, 2.75) is 13.0 Å². The van der Waals surface area contributed by atoms with Gasteiger partial charge in [0.25, 0.3) is 0 Å². The number of ketones is 1. The van der Waals surface area contributed by atoms with Gasteiger partial charge in [0.2, 0.25) is 5.78 Å². The van der Waals surface area contributed by atoms with Gasteiger partial charge in [0, 0.05) is 21.5 Å². The highest BCUT2D eigenvalue weighted by atomic mass is 35.5. The number of esters is 1. The average molecular weight is 487 g/mol. The SMILES string of the molecule is Cc1nn(-c2ccc(Cl)cc2)c2sc(C(=O)OC(C(=O)c3ccccc3)c3ccccc3)cc12. The van der Waals surface area contributed by atoms with Crippen LogP contribution in [0, 0.1) is 6.92 Å². The largest absolute Gasteiger partial charge is 0.445 e. The second-order valence-electron chi connectivity index (χ2n) is 7.73. The van der Waals surface area contributed by atoms with Gasteiger partial charge < -0.3 is 4.74 Å². The fourth-order valence-electron chi connectivity index (χ4n) is 3.72. The molecule has 7 heteroatoms. The Hall–Kier alpha value is -3.74. The zero-order valence-corrected chi connectivity index (χ0v) is 19.7. The monoisotopic (exact) mass is 486 g/mol. The van der Waals surface area contributed by atoms with Crippen molar-refractivity contribution in [2.24, 2.45) is 0 Å². The normalized spacial score (nSPS) is 11.9. The van der Waals surface area contributed by atoms with E-state index in [-0.39, 0.29) is 5.78 Å². The fraction of sp³-hybridized carbons (Fsp3) is 0.0741. The number of rotatable bonds is 6. The van der Waals surface area contributed by atoms with Gasteiger partial charge in [0.15, 0.2) is 6.10 Å². The highest BCUT2D eigenvalue weighted by molar-refractivity contribution is 7.20. The van der Waals surface area contributed by atoms with E-state index >= 15 is 0 Å². The van der Waals surface area contributed by atoms with Gasteiger partial charge in [-0.3, -0.25) is 4.79 Å². The van der Waals surface area contributed by atoms with Crippen LogP contribution in [-0.2, 0) is 4.74 Å². The lowest BCUT2D eigenvalue weighted by molar-refractivity contribution is 0.0285. The molecule has 0 amide bonds. The molecule has 0 spiro atoms. The lowest BCUT2D eigenvalue weighted by Crippen LogP contribution is -2.20. The van der Waals surface area contributed by atoms with Gasteiger partial charge in [-0.25, -0.2) is 9.48 Å². The Labute approximate surface area is 205 Å². The molecule has 3 aromatic carbocycles.